The van der Waals surface area contributed by atoms with E-state index in [1.807, 2.05) is 28.1 Å². The van der Waals surface area contributed by atoms with Gasteiger partial charge >= 0.3 is 0 Å². The molecule has 3 heterocycles. The SMILES string of the molecule is CC(C)C(C)Sc1ccc2nnc(-c3ccsc3)n2n1. The van der Waals surface area contributed by atoms with Crippen LogP contribution in [0.2, 0.25) is 0 Å². The molecule has 3 rings (SSSR count). The zero-order valence-electron chi connectivity index (χ0n) is 11.6. The molecule has 3 aromatic rings. The highest BCUT2D eigenvalue weighted by atomic mass is 32.2. The quantitative estimate of drug-likeness (QED) is 0.684. The fourth-order valence-electron chi connectivity index (χ4n) is 1.73. The molecule has 0 amide bonds. The first kappa shape index (κ1) is 13.6. The second-order valence-electron chi connectivity index (χ2n) is 5.04. The van der Waals surface area contributed by atoms with Crippen LogP contribution >= 0.6 is 23.1 Å². The lowest BCUT2D eigenvalue weighted by Gasteiger charge is -2.13. The van der Waals surface area contributed by atoms with Crippen LogP contribution in [0, 0.1) is 5.92 Å². The summed E-state index contributed by atoms with van der Waals surface area (Å²) in [6.45, 7) is 6.69. The van der Waals surface area contributed by atoms with E-state index >= 15 is 0 Å². The first-order valence-electron chi connectivity index (χ1n) is 6.57. The Morgan fingerprint density at radius 3 is 2.70 bits per heavy atom. The predicted octanol–water partition coefficient (Wildman–Crippen LogP) is 3.99. The van der Waals surface area contributed by atoms with Crippen LogP contribution in [0.25, 0.3) is 17.0 Å². The third-order valence-electron chi connectivity index (χ3n) is 3.26. The molecule has 0 aliphatic heterocycles. The van der Waals surface area contributed by atoms with E-state index in [0.29, 0.717) is 11.2 Å². The number of nitrogens with zero attached hydrogens (tertiary/aromatic N) is 4. The molecule has 1 atom stereocenters. The smallest absolute Gasteiger partial charge is 0.186 e. The highest BCUT2D eigenvalue weighted by Crippen LogP contribution is 2.27. The standard InChI is InChI=1S/C14H16N4S2/c1-9(2)10(3)20-13-5-4-12-15-16-14(18(12)17-13)11-6-7-19-8-11/h4-10H,1-3H3. The van der Waals surface area contributed by atoms with Crippen molar-refractivity contribution in [2.24, 2.45) is 5.92 Å². The molecule has 3 aromatic heterocycles. The molecule has 0 saturated heterocycles. The Morgan fingerprint density at radius 2 is 2.00 bits per heavy atom. The van der Waals surface area contributed by atoms with Gasteiger partial charge < -0.3 is 0 Å². The van der Waals surface area contributed by atoms with E-state index < -0.39 is 0 Å². The van der Waals surface area contributed by atoms with E-state index in [1.54, 1.807) is 23.1 Å². The average Bonchev–Trinajstić information content (AvgIpc) is 3.06. The summed E-state index contributed by atoms with van der Waals surface area (Å²) in [6, 6.07) is 6.04. The number of hydrogen-bond acceptors (Lipinski definition) is 5. The third kappa shape index (κ3) is 2.58. The van der Waals surface area contributed by atoms with E-state index in [0.717, 1.165) is 22.1 Å². The van der Waals surface area contributed by atoms with Crippen LogP contribution < -0.4 is 0 Å². The lowest BCUT2D eigenvalue weighted by Crippen LogP contribution is -2.06. The molecule has 0 bridgehead atoms. The Labute approximate surface area is 126 Å². The van der Waals surface area contributed by atoms with Gasteiger partial charge in [0.1, 0.15) is 5.03 Å². The van der Waals surface area contributed by atoms with Crippen LogP contribution in [-0.2, 0) is 0 Å². The second kappa shape index (κ2) is 5.54. The minimum Gasteiger partial charge on any atom is -0.192 e. The molecule has 104 valence electrons. The van der Waals surface area contributed by atoms with Crippen LogP contribution in [0.3, 0.4) is 0 Å². The van der Waals surface area contributed by atoms with Crippen molar-refractivity contribution >= 4 is 28.7 Å². The minimum atomic E-state index is 0.529. The van der Waals surface area contributed by atoms with Crippen molar-refractivity contribution in [1.82, 2.24) is 19.8 Å². The van der Waals surface area contributed by atoms with E-state index in [-0.39, 0.29) is 0 Å². The zero-order valence-corrected chi connectivity index (χ0v) is 13.3. The number of thiophene rings is 1. The maximum Gasteiger partial charge on any atom is 0.186 e. The van der Waals surface area contributed by atoms with Crippen LogP contribution in [-0.4, -0.2) is 25.1 Å². The van der Waals surface area contributed by atoms with Gasteiger partial charge in [-0.1, -0.05) is 20.8 Å². The van der Waals surface area contributed by atoms with E-state index in [2.05, 4.69) is 41.4 Å². The molecule has 20 heavy (non-hydrogen) atoms. The van der Waals surface area contributed by atoms with Crippen molar-refractivity contribution in [3.8, 4) is 11.4 Å². The molecular formula is C14H16N4S2. The molecule has 0 spiro atoms. The largest absolute Gasteiger partial charge is 0.192 e. The van der Waals surface area contributed by atoms with Crippen molar-refractivity contribution < 1.29 is 0 Å². The number of hydrogen-bond donors (Lipinski definition) is 0. The number of aromatic nitrogens is 4. The van der Waals surface area contributed by atoms with E-state index in [1.165, 1.54) is 0 Å². The Balaban J connectivity index is 1.99. The van der Waals surface area contributed by atoms with Crippen molar-refractivity contribution in [1.29, 1.82) is 0 Å². The Kier molecular flexibility index (Phi) is 3.76. The van der Waals surface area contributed by atoms with E-state index in [9.17, 15) is 0 Å². The van der Waals surface area contributed by atoms with Crippen molar-refractivity contribution in [2.45, 2.75) is 31.0 Å². The molecular weight excluding hydrogens is 288 g/mol. The van der Waals surface area contributed by atoms with E-state index in [4.69, 9.17) is 0 Å². The molecule has 6 heteroatoms. The van der Waals surface area contributed by atoms with Gasteiger partial charge in [-0.05, 0) is 29.5 Å². The van der Waals surface area contributed by atoms with Gasteiger partial charge in [0.2, 0.25) is 0 Å². The maximum absolute atomic E-state index is 4.67. The Bertz CT molecular complexity index is 703. The van der Waals surface area contributed by atoms with Gasteiger partial charge in [-0.25, -0.2) is 0 Å². The van der Waals surface area contributed by atoms with Crippen LogP contribution in [0.4, 0.5) is 0 Å². The summed E-state index contributed by atoms with van der Waals surface area (Å²) in [6.07, 6.45) is 0. The first-order chi connectivity index (χ1) is 9.65. The lowest BCUT2D eigenvalue weighted by molar-refractivity contribution is 0.640. The number of thioether (sulfide) groups is 1. The van der Waals surface area contributed by atoms with Gasteiger partial charge in [0.05, 0.1) is 0 Å². The van der Waals surface area contributed by atoms with Crippen LogP contribution in [0.1, 0.15) is 20.8 Å². The molecule has 0 aliphatic carbocycles. The van der Waals surface area contributed by atoms with Gasteiger partial charge in [-0.2, -0.15) is 21.0 Å². The van der Waals surface area contributed by atoms with Gasteiger partial charge in [-0.3, -0.25) is 0 Å². The van der Waals surface area contributed by atoms with Gasteiger partial charge in [0.25, 0.3) is 0 Å². The van der Waals surface area contributed by atoms with Gasteiger partial charge in [-0.15, -0.1) is 22.0 Å². The van der Waals surface area contributed by atoms with Crippen LogP contribution in [0.15, 0.2) is 34.0 Å². The molecule has 0 N–H and O–H groups in total. The molecule has 0 fully saturated rings. The topological polar surface area (TPSA) is 43.1 Å². The summed E-state index contributed by atoms with van der Waals surface area (Å²) in [5, 5.41) is 18.7. The highest BCUT2D eigenvalue weighted by molar-refractivity contribution is 7.99. The van der Waals surface area contributed by atoms with Crippen molar-refractivity contribution in [3.05, 3.63) is 29.0 Å². The zero-order chi connectivity index (χ0) is 14.1. The second-order valence-corrected chi connectivity index (χ2v) is 7.22. The Hall–Kier alpha value is -1.40. The lowest BCUT2D eigenvalue weighted by atomic mass is 10.2. The van der Waals surface area contributed by atoms with Gasteiger partial charge in [0.15, 0.2) is 11.5 Å². The molecule has 4 nitrogen and oxygen atoms in total. The normalized spacial score (nSPS) is 13.2. The monoisotopic (exact) mass is 304 g/mol. The summed E-state index contributed by atoms with van der Waals surface area (Å²) >= 11 is 3.44. The average molecular weight is 304 g/mol. The summed E-state index contributed by atoms with van der Waals surface area (Å²) in [5.74, 6) is 1.43. The fraction of sp³-hybridized carbons (Fsp3) is 0.357. The van der Waals surface area contributed by atoms with Crippen LogP contribution in [0.5, 0.6) is 0 Å². The Morgan fingerprint density at radius 1 is 1.15 bits per heavy atom. The first-order valence-corrected chi connectivity index (χ1v) is 8.39. The number of fused-ring (bicyclic) bond motifs is 1. The van der Waals surface area contributed by atoms with Gasteiger partial charge in [0, 0.05) is 16.2 Å². The van der Waals surface area contributed by atoms with Crippen molar-refractivity contribution in [3.63, 3.8) is 0 Å². The number of rotatable bonds is 4. The highest BCUT2D eigenvalue weighted by Gasteiger charge is 2.13. The fourth-order valence-corrected chi connectivity index (χ4v) is 3.30. The molecule has 0 radical (unpaired) electrons. The summed E-state index contributed by atoms with van der Waals surface area (Å²) in [5.41, 5.74) is 1.85. The molecule has 0 aromatic carbocycles. The van der Waals surface area contributed by atoms with Crippen molar-refractivity contribution in [2.75, 3.05) is 0 Å². The summed E-state index contributed by atoms with van der Waals surface area (Å²) in [4.78, 5) is 0. The predicted molar refractivity (Wildman–Crippen MR) is 84.3 cm³/mol. The minimum absolute atomic E-state index is 0.529. The summed E-state index contributed by atoms with van der Waals surface area (Å²) in [7, 11) is 0. The third-order valence-corrected chi connectivity index (χ3v) is 5.32. The molecule has 0 aliphatic rings. The summed E-state index contributed by atoms with van der Waals surface area (Å²) < 4.78 is 1.83. The molecule has 1 unspecified atom stereocenters. The maximum atomic E-state index is 4.67. The molecule has 0 saturated carbocycles.